The van der Waals surface area contributed by atoms with Crippen LogP contribution in [0.25, 0.3) is 0 Å². The Labute approximate surface area is 31.6 Å². The molecule has 24 valence electrons. The van der Waals surface area contributed by atoms with E-state index in [1.54, 1.807) is 0 Å². The predicted molar refractivity (Wildman–Crippen MR) is 17.5 cm³/mol. The first-order chi connectivity index (χ1) is 3.41. The molecule has 0 aromatic heterocycles. The van der Waals surface area contributed by atoms with Crippen molar-refractivity contribution in [3.63, 3.8) is 0 Å². The molecule has 0 aromatic carbocycles. The van der Waals surface area contributed by atoms with E-state index < -0.39 is 13.0 Å². The maximum atomic E-state index is 6.84. The van der Waals surface area contributed by atoms with Gasteiger partial charge in [0.05, 0.1) is 0 Å². The van der Waals surface area contributed by atoms with Crippen LogP contribution in [0.1, 0.15) is 11.9 Å². The summed E-state index contributed by atoms with van der Waals surface area (Å²) in [6.45, 7) is -2.94. The Bertz CT molecular complexity index is 87.9. The molecule has 0 bridgehead atoms. The maximum Gasteiger partial charge on any atom is 0.0428 e. The second-order valence-electron chi connectivity index (χ2n) is 0.655. The summed E-state index contributed by atoms with van der Waals surface area (Å²) in [6, 6.07) is 0. The van der Waals surface area contributed by atoms with Crippen molar-refractivity contribution in [1.29, 1.82) is 0 Å². The molecule has 0 amide bonds. The Morgan fingerprint density at radius 1 is 1.75 bits per heavy atom. The van der Waals surface area contributed by atoms with Crippen LogP contribution in [0.3, 0.4) is 0 Å². The van der Waals surface area contributed by atoms with Gasteiger partial charge in [-0.1, -0.05) is 0 Å². The average molecular weight is 61.1 g/mol. The largest absolute Gasteiger partial charge is 0.317 e. The minimum atomic E-state index is -1.47. The van der Waals surface area contributed by atoms with Gasteiger partial charge >= 0.3 is 0 Å². The summed E-state index contributed by atoms with van der Waals surface area (Å²) in [4.78, 5) is 0. The summed E-state index contributed by atoms with van der Waals surface area (Å²) in [5.41, 5.74) is 0. The van der Waals surface area contributed by atoms with Crippen LogP contribution >= 0.6 is 0 Å². The number of rotatable bonds is 0. The van der Waals surface area contributed by atoms with Crippen LogP contribution in [-0.4, -0.2) is 13.0 Å². The van der Waals surface area contributed by atoms with Crippen LogP contribution in [0.5, 0.6) is 0 Å². The van der Waals surface area contributed by atoms with Gasteiger partial charge in [-0.05, 0) is 19.4 Å². The van der Waals surface area contributed by atoms with Crippen LogP contribution in [0.15, 0.2) is 0 Å². The molecule has 0 unspecified atom stereocenters. The van der Waals surface area contributed by atoms with Crippen molar-refractivity contribution in [3.8, 4) is 0 Å². The van der Waals surface area contributed by atoms with E-state index in [0.29, 0.717) is 0 Å². The van der Waals surface area contributed by atoms with Gasteiger partial charge in [0.15, 0.2) is 0 Å². The molecule has 0 spiro atoms. The molecular weight excluding hydrogens is 50.0 g/mol. The zero-order valence-electron chi connectivity index (χ0n) is 6.21. The molecule has 4 heavy (non-hydrogen) atoms. The average Bonchev–Trinajstić information content (AvgIpc) is 1.20. The summed E-state index contributed by atoms with van der Waals surface area (Å²) < 4.78 is 27.4. The molecule has 0 aromatic rings. The van der Waals surface area contributed by atoms with E-state index >= 15 is 0 Å². The van der Waals surface area contributed by atoms with E-state index in [1.807, 2.05) is 0 Å². The molecule has 0 atom stereocenters. The Hall–Kier alpha value is -0.0400. The van der Waals surface area contributed by atoms with Crippen molar-refractivity contribution in [2.45, 2.75) is 6.42 Å². The number of hydrogen-bond donors (Lipinski definition) is 1. The van der Waals surface area contributed by atoms with Crippen molar-refractivity contribution in [2.75, 3.05) is 13.0 Å². The van der Waals surface area contributed by atoms with Gasteiger partial charge in [-0.2, -0.15) is 0 Å². The molecular formula is C3H7N. The van der Waals surface area contributed by atoms with Gasteiger partial charge in [0.1, 0.15) is 0 Å². The maximum absolute atomic E-state index is 6.84. The lowest BCUT2D eigenvalue weighted by Crippen LogP contribution is -2.29. The first-order valence-corrected chi connectivity index (χ1v) is 1.21. The molecule has 1 aliphatic heterocycles. The highest BCUT2D eigenvalue weighted by atomic mass is 14.9. The summed E-state index contributed by atoms with van der Waals surface area (Å²) in [7, 11) is 0. The van der Waals surface area contributed by atoms with Crippen molar-refractivity contribution < 1.29 is 5.48 Å². The van der Waals surface area contributed by atoms with Gasteiger partial charge in [0, 0.05) is 5.48 Å². The fourth-order valence-electron chi connectivity index (χ4n) is 0.0884. The highest BCUT2D eigenvalue weighted by molar-refractivity contribution is 4.56. The molecule has 0 aliphatic carbocycles. The van der Waals surface area contributed by atoms with Crippen molar-refractivity contribution in [3.05, 3.63) is 0 Å². The molecule has 0 saturated carbocycles. The molecule has 0 radical (unpaired) electrons. The molecule has 1 rings (SSSR count). The lowest BCUT2D eigenvalue weighted by Gasteiger charge is -2.09. The predicted octanol–water partition coefficient (Wildman–Crippen LogP) is -0.0203. The molecule has 1 fully saturated rings. The fraction of sp³-hybridized carbons (Fsp3) is 1.00. The minimum Gasteiger partial charge on any atom is -0.317 e. The third-order valence-corrected chi connectivity index (χ3v) is 0.354. The second kappa shape index (κ2) is 0.725. The molecule has 1 saturated heterocycles. The third-order valence-electron chi connectivity index (χ3n) is 0.354. The molecule has 1 heteroatoms. The summed E-state index contributed by atoms with van der Waals surface area (Å²) in [6.07, 6.45) is -0.0417. The van der Waals surface area contributed by atoms with E-state index in [-0.39, 0.29) is 6.42 Å². The van der Waals surface area contributed by atoms with Crippen LogP contribution < -0.4 is 5.32 Å². The lowest BCUT2D eigenvalue weighted by atomic mass is 10.3. The Morgan fingerprint density at radius 3 is 2.25 bits per heavy atom. The smallest absolute Gasteiger partial charge is 0.0428 e. The van der Waals surface area contributed by atoms with Gasteiger partial charge in [-0.3, -0.25) is 0 Å². The Balaban J connectivity index is 2.42. The summed E-state index contributed by atoms with van der Waals surface area (Å²) in [5, 5.41) is 2.12. The van der Waals surface area contributed by atoms with Crippen molar-refractivity contribution >= 4 is 0 Å². The van der Waals surface area contributed by atoms with Crippen LogP contribution in [0.4, 0.5) is 0 Å². The normalized spacial score (nSPS) is 64.0. The fourth-order valence-corrected chi connectivity index (χ4v) is 0.0884. The minimum absolute atomic E-state index is 0.0417. The highest BCUT2D eigenvalue weighted by Gasteiger charge is 1.92. The van der Waals surface area contributed by atoms with Gasteiger partial charge in [0.25, 0.3) is 0 Å². The zero-order chi connectivity index (χ0) is 6.41. The first-order valence-electron chi connectivity index (χ1n) is 3.21. The molecule has 1 N–H and O–H groups in total. The van der Waals surface area contributed by atoms with Gasteiger partial charge in [-0.25, -0.2) is 0 Å². The van der Waals surface area contributed by atoms with Crippen molar-refractivity contribution in [1.82, 2.24) is 5.32 Å². The third kappa shape index (κ3) is 0.115. The first kappa shape index (κ1) is 0.548. The summed E-state index contributed by atoms with van der Waals surface area (Å²) >= 11 is 0. The van der Waals surface area contributed by atoms with Crippen LogP contribution in [-0.2, 0) is 0 Å². The Morgan fingerprint density at radius 2 is 2.25 bits per heavy atom. The SMILES string of the molecule is [2H]C1([2H])CC([2H])([2H])N1. The van der Waals surface area contributed by atoms with E-state index in [2.05, 4.69) is 5.32 Å². The number of hydrogen-bond acceptors (Lipinski definition) is 1. The highest BCUT2D eigenvalue weighted by Crippen LogP contribution is 1.80. The van der Waals surface area contributed by atoms with E-state index in [0.717, 1.165) is 0 Å². The lowest BCUT2D eigenvalue weighted by molar-refractivity contribution is 0.527. The molecule has 1 heterocycles. The van der Waals surface area contributed by atoms with Gasteiger partial charge < -0.3 is 5.32 Å². The van der Waals surface area contributed by atoms with Gasteiger partial charge in [-0.15, -0.1) is 0 Å². The van der Waals surface area contributed by atoms with E-state index in [1.165, 1.54) is 0 Å². The monoisotopic (exact) mass is 61.1 g/mol. The molecule has 1 nitrogen and oxygen atoms in total. The summed E-state index contributed by atoms with van der Waals surface area (Å²) in [5.74, 6) is 0. The van der Waals surface area contributed by atoms with Gasteiger partial charge in [0.2, 0.25) is 0 Å². The van der Waals surface area contributed by atoms with Crippen LogP contribution in [0, 0.1) is 0 Å². The Kier molecular flexibility index (Phi) is 0.0993. The quantitative estimate of drug-likeness (QED) is 0.415. The topological polar surface area (TPSA) is 12.0 Å². The standard InChI is InChI=1S/C3H7N/c1-2-4-3-1/h4H,1-3H2/i2D2,3D2. The zero-order valence-corrected chi connectivity index (χ0v) is 2.21. The van der Waals surface area contributed by atoms with Crippen LogP contribution in [0.2, 0.25) is 0 Å². The number of nitrogens with one attached hydrogen (secondary N) is 1. The van der Waals surface area contributed by atoms with Crippen molar-refractivity contribution in [2.24, 2.45) is 0 Å². The second-order valence-corrected chi connectivity index (χ2v) is 0.655. The van der Waals surface area contributed by atoms with E-state index in [4.69, 9.17) is 5.48 Å². The van der Waals surface area contributed by atoms with E-state index in [9.17, 15) is 0 Å². The molecule has 1 aliphatic rings.